The number of hydrogen-bond donors (Lipinski definition) is 1. The van der Waals surface area contributed by atoms with Crippen LogP contribution in [0.15, 0.2) is 23.1 Å². The molecule has 0 radical (unpaired) electrons. The number of hydrogen-bond acceptors (Lipinski definition) is 3. The average Bonchev–Trinajstić information content (AvgIpc) is 2.35. The first-order chi connectivity index (χ1) is 8.77. The summed E-state index contributed by atoms with van der Waals surface area (Å²) in [6.45, 7) is 8.39. The molecule has 0 fully saturated rings. The summed E-state index contributed by atoms with van der Waals surface area (Å²) in [6.07, 6.45) is 0. The van der Waals surface area contributed by atoms with E-state index in [0.717, 1.165) is 5.56 Å². The van der Waals surface area contributed by atoms with Gasteiger partial charge in [-0.3, -0.25) is 0 Å². The minimum atomic E-state index is -3.53. The Morgan fingerprint density at radius 2 is 1.84 bits per heavy atom. The van der Waals surface area contributed by atoms with Crippen molar-refractivity contribution in [3.8, 4) is 5.75 Å². The van der Waals surface area contributed by atoms with Crippen molar-refractivity contribution >= 4 is 10.0 Å². The van der Waals surface area contributed by atoms with Crippen molar-refractivity contribution in [3.63, 3.8) is 0 Å². The number of benzene rings is 1. The van der Waals surface area contributed by atoms with Gasteiger partial charge in [-0.15, -0.1) is 0 Å². The lowest BCUT2D eigenvalue weighted by molar-refractivity contribution is 0.401. The molecular formula is C14H23NO3S. The topological polar surface area (TPSA) is 55.4 Å². The highest BCUT2D eigenvalue weighted by Gasteiger charge is 2.20. The molecule has 0 aromatic heterocycles. The van der Waals surface area contributed by atoms with E-state index in [1.165, 1.54) is 7.11 Å². The lowest BCUT2D eigenvalue weighted by Gasteiger charge is -2.14. The van der Waals surface area contributed by atoms with Gasteiger partial charge in [0.2, 0.25) is 10.0 Å². The van der Waals surface area contributed by atoms with Gasteiger partial charge in [-0.1, -0.05) is 33.8 Å². The van der Waals surface area contributed by atoms with Crippen LogP contribution in [-0.2, 0) is 10.0 Å². The molecule has 0 spiro atoms. The highest BCUT2D eigenvalue weighted by atomic mass is 32.2. The fourth-order valence-electron chi connectivity index (χ4n) is 1.62. The van der Waals surface area contributed by atoms with E-state index in [9.17, 15) is 8.42 Å². The molecule has 5 heteroatoms. The summed E-state index contributed by atoms with van der Waals surface area (Å²) in [7, 11) is -2.05. The van der Waals surface area contributed by atoms with Crippen molar-refractivity contribution in [2.45, 2.75) is 38.5 Å². The molecule has 1 N–H and O–H groups in total. The van der Waals surface area contributed by atoms with E-state index in [4.69, 9.17) is 4.74 Å². The molecule has 0 atom stereocenters. The van der Waals surface area contributed by atoms with Crippen molar-refractivity contribution in [2.24, 2.45) is 5.92 Å². The zero-order chi connectivity index (χ0) is 14.6. The van der Waals surface area contributed by atoms with Gasteiger partial charge in [-0.05, 0) is 29.5 Å². The van der Waals surface area contributed by atoms with Crippen molar-refractivity contribution in [1.29, 1.82) is 0 Å². The molecule has 1 aromatic rings. The quantitative estimate of drug-likeness (QED) is 0.874. The van der Waals surface area contributed by atoms with Gasteiger partial charge < -0.3 is 4.74 Å². The Kier molecular flexibility index (Phi) is 5.38. The van der Waals surface area contributed by atoms with Gasteiger partial charge in [0.15, 0.2) is 0 Å². The Hall–Kier alpha value is -1.07. The number of methoxy groups -OCH3 is 1. The number of ether oxygens (including phenoxy) is 1. The Bertz CT molecular complexity index is 521. The second-order valence-corrected chi connectivity index (χ2v) is 7.05. The average molecular weight is 285 g/mol. The van der Waals surface area contributed by atoms with E-state index in [0.29, 0.717) is 12.3 Å². The van der Waals surface area contributed by atoms with Crippen molar-refractivity contribution < 1.29 is 13.2 Å². The first-order valence-electron chi connectivity index (χ1n) is 6.45. The summed E-state index contributed by atoms with van der Waals surface area (Å²) in [5.74, 6) is 0.902. The van der Waals surface area contributed by atoms with Crippen LogP contribution in [0.4, 0.5) is 0 Å². The molecule has 0 bridgehead atoms. The molecule has 4 nitrogen and oxygen atoms in total. The minimum Gasteiger partial charge on any atom is -0.495 e. The van der Waals surface area contributed by atoms with E-state index < -0.39 is 10.0 Å². The van der Waals surface area contributed by atoms with E-state index in [-0.39, 0.29) is 16.7 Å². The molecule has 0 saturated carbocycles. The van der Waals surface area contributed by atoms with Gasteiger partial charge in [-0.25, -0.2) is 13.1 Å². The summed E-state index contributed by atoms with van der Waals surface area (Å²) in [6, 6.07) is 5.29. The maximum atomic E-state index is 12.3. The molecule has 0 unspecified atom stereocenters. The largest absolute Gasteiger partial charge is 0.495 e. The van der Waals surface area contributed by atoms with Crippen LogP contribution in [0, 0.1) is 5.92 Å². The van der Waals surface area contributed by atoms with Crippen LogP contribution < -0.4 is 9.46 Å². The standard InChI is InChI=1S/C14H23NO3S/c1-10(2)9-15-19(16,17)14-8-12(11(3)4)6-7-13(14)18-5/h6-8,10-11,15H,9H2,1-5H3. The van der Waals surface area contributed by atoms with Crippen LogP contribution in [0.3, 0.4) is 0 Å². The molecule has 19 heavy (non-hydrogen) atoms. The van der Waals surface area contributed by atoms with Gasteiger partial charge in [0.25, 0.3) is 0 Å². The monoisotopic (exact) mass is 285 g/mol. The molecule has 0 aliphatic carbocycles. The molecule has 108 valence electrons. The van der Waals surface area contributed by atoms with E-state index in [1.807, 2.05) is 33.8 Å². The first kappa shape index (κ1) is 16.0. The highest BCUT2D eigenvalue weighted by molar-refractivity contribution is 7.89. The highest BCUT2D eigenvalue weighted by Crippen LogP contribution is 2.27. The third-order valence-electron chi connectivity index (χ3n) is 2.83. The molecule has 1 rings (SSSR count). The molecule has 0 aliphatic heterocycles. The maximum absolute atomic E-state index is 12.3. The minimum absolute atomic E-state index is 0.210. The van der Waals surface area contributed by atoms with Gasteiger partial charge in [0, 0.05) is 6.54 Å². The molecular weight excluding hydrogens is 262 g/mol. The van der Waals surface area contributed by atoms with Crippen molar-refractivity contribution in [1.82, 2.24) is 4.72 Å². The summed E-state index contributed by atoms with van der Waals surface area (Å²) < 4.78 is 32.4. The lowest BCUT2D eigenvalue weighted by Crippen LogP contribution is -2.28. The number of sulfonamides is 1. The molecule has 0 aliphatic rings. The summed E-state index contributed by atoms with van der Waals surface area (Å²) in [5.41, 5.74) is 0.978. The normalized spacial score (nSPS) is 12.2. The van der Waals surface area contributed by atoms with Gasteiger partial charge in [0.1, 0.15) is 10.6 Å². The van der Waals surface area contributed by atoms with Crippen LogP contribution in [0.5, 0.6) is 5.75 Å². The van der Waals surface area contributed by atoms with Crippen molar-refractivity contribution in [2.75, 3.05) is 13.7 Å². The lowest BCUT2D eigenvalue weighted by atomic mass is 10.0. The van der Waals surface area contributed by atoms with Gasteiger partial charge in [0.05, 0.1) is 7.11 Å². The van der Waals surface area contributed by atoms with E-state index >= 15 is 0 Å². The number of rotatable bonds is 6. The first-order valence-corrected chi connectivity index (χ1v) is 7.94. The smallest absolute Gasteiger partial charge is 0.244 e. The third kappa shape index (κ3) is 4.21. The molecule has 0 amide bonds. The second-order valence-electron chi connectivity index (χ2n) is 5.31. The predicted octanol–water partition coefficient (Wildman–Crippen LogP) is 2.75. The van der Waals surface area contributed by atoms with Crippen LogP contribution in [0.2, 0.25) is 0 Å². The Morgan fingerprint density at radius 3 is 2.32 bits per heavy atom. The van der Waals surface area contributed by atoms with Crippen LogP contribution in [0.25, 0.3) is 0 Å². The summed E-state index contributed by atoms with van der Waals surface area (Å²) >= 11 is 0. The Morgan fingerprint density at radius 1 is 1.21 bits per heavy atom. The molecule has 0 heterocycles. The van der Waals surface area contributed by atoms with E-state index in [1.54, 1.807) is 12.1 Å². The van der Waals surface area contributed by atoms with Crippen LogP contribution in [-0.4, -0.2) is 22.1 Å². The van der Waals surface area contributed by atoms with E-state index in [2.05, 4.69) is 4.72 Å². The fourth-order valence-corrected chi connectivity index (χ4v) is 3.03. The van der Waals surface area contributed by atoms with Crippen molar-refractivity contribution in [3.05, 3.63) is 23.8 Å². The van der Waals surface area contributed by atoms with Gasteiger partial charge in [-0.2, -0.15) is 0 Å². The zero-order valence-corrected chi connectivity index (χ0v) is 13.0. The Labute approximate surface area is 116 Å². The van der Waals surface area contributed by atoms with Crippen LogP contribution >= 0.6 is 0 Å². The fraction of sp³-hybridized carbons (Fsp3) is 0.571. The molecule has 0 saturated heterocycles. The summed E-state index contributed by atoms with van der Waals surface area (Å²) in [4.78, 5) is 0.210. The molecule has 1 aromatic carbocycles. The SMILES string of the molecule is COc1ccc(C(C)C)cc1S(=O)(=O)NCC(C)C. The Balaban J connectivity index is 3.19. The number of nitrogens with one attached hydrogen (secondary N) is 1. The summed E-state index contributed by atoms with van der Waals surface area (Å²) in [5, 5.41) is 0. The predicted molar refractivity (Wildman–Crippen MR) is 77.1 cm³/mol. The third-order valence-corrected chi connectivity index (χ3v) is 4.27. The maximum Gasteiger partial charge on any atom is 0.244 e. The van der Waals surface area contributed by atoms with Gasteiger partial charge >= 0.3 is 0 Å². The van der Waals surface area contributed by atoms with Crippen LogP contribution in [0.1, 0.15) is 39.2 Å². The second kappa shape index (κ2) is 6.39. The zero-order valence-electron chi connectivity index (χ0n) is 12.2.